The monoisotopic (exact) mass is 144 g/mol. The topological polar surface area (TPSA) is 46.5 Å². The summed E-state index contributed by atoms with van der Waals surface area (Å²) in [5.74, 6) is 0. The van der Waals surface area contributed by atoms with Gasteiger partial charge in [0.1, 0.15) is 6.29 Å². The first-order valence-electron chi connectivity index (χ1n) is 3.11. The van der Waals surface area contributed by atoms with E-state index in [0.29, 0.717) is 12.9 Å². The number of aliphatic hydroxyl groups excluding tert-OH is 1. The normalized spacial score (nSPS) is 12.5. The van der Waals surface area contributed by atoms with E-state index in [2.05, 4.69) is 6.58 Å². The number of hydrogen-bond donors (Lipinski definition) is 1. The summed E-state index contributed by atoms with van der Waals surface area (Å²) in [5.41, 5.74) is 0. The number of hydrogen-bond acceptors (Lipinski definition) is 3. The van der Waals surface area contributed by atoms with Crippen molar-refractivity contribution in [3.05, 3.63) is 12.7 Å². The Morgan fingerprint density at radius 3 is 2.90 bits per heavy atom. The van der Waals surface area contributed by atoms with Crippen molar-refractivity contribution in [2.24, 2.45) is 0 Å². The van der Waals surface area contributed by atoms with E-state index in [-0.39, 0.29) is 13.0 Å². The van der Waals surface area contributed by atoms with Gasteiger partial charge < -0.3 is 14.6 Å². The van der Waals surface area contributed by atoms with E-state index in [0.717, 1.165) is 0 Å². The molecule has 0 aliphatic heterocycles. The second-order valence-corrected chi connectivity index (χ2v) is 1.88. The Kier molecular flexibility index (Phi) is 6.02. The van der Waals surface area contributed by atoms with Gasteiger partial charge in [0.25, 0.3) is 0 Å². The highest BCUT2D eigenvalue weighted by molar-refractivity contribution is 5.49. The lowest BCUT2D eigenvalue weighted by atomic mass is 10.3. The zero-order valence-electron chi connectivity index (χ0n) is 5.82. The highest BCUT2D eigenvalue weighted by Crippen LogP contribution is 1.88. The fraction of sp³-hybridized carbons (Fsp3) is 0.571. The zero-order chi connectivity index (χ0) is 7.82. The molecule has 0 radical (unpaired) electrons. The standard InChI is InChI=1S/C7H12O3/c1-2-5-10-6-7(9)3-4-8/h2,4,7,9H,1,3,5-6H2. The van der Waals surface area contributed by atoms with E-state index in [4.69, 9.17) is 9.84 Å². The number of rotatable bonds is 6. The molecule has 0 amide bonds. The summed E-state index contributed by atoms with van der Waals surface area (Å²) < 4.78 is 4.87. The second-order valence-electron chi connectivity index (χ2n) is 1.88. The first kappa shape index (κ1) is 9.33. The van der Waals surface area contributed by atoms with Crippen LogP contribution < -0.4 is 0 Å². The van der Waals surface area contributed by atoms with Crippen molar-refractivity contribution in [1.29, 1.82) is 0 Å². The summed E-state index contributed by atoms with van der Waals surface area (Å²) in [5, 5.41) is 8.89. The Hall–Kier alpha value is -0.670. The molecule has 0 fully saturated rings. The van der Waals surface area contributed by atoms with Crippen LogP contribution in [0.3, 0.4) is 0 Å². The summed E-state index contributed by atoms with van der Waals surface area (Å²) in [6, 6.07) is 0. The molecule has 1 N–H and O–H groups in total. The minimum Gasteiger partial charge on any atom is -0.390 e. The highest BCUT2D eigenvalue weighted by Gasteiger charge is 2.00. The van der Waals surface area contributed by atoms with Gasteiger partial charge in [-0.05, 0) is 0 Å². The summed E-state index contributed by atoms with van der Waals surface area (Å²) in [4.78, 5) is 9.81. The van der Waals surface area contributed by atoms with Gasteiger partial charge in [-0.25, -0.2) is 0 Å². The molecule has 0 spiro atoms. The lowest BCUT2D eigenvalue weighted by Gasteiger charge is -2.05. The molecule has 0 aliphatic rings. The smallest absolute Gasteiger partial charge is 0.122 e. The summed E-state index contributed by atoms with van der Waals surface area (Å²) in [6.07, 6.45) is 1.73. The molecule has 0 aliphatic carbocycles. The van der Waals surface area contributed by atoms with E-state index in [9.17, 15) is 4.79 Å². The molecule has 10 heavy (non-hydrogen) atoms. The van der Waals surface area contributed by atoms with Gasteiger partial charge in [0.15, 0.2) is 0 Å². The molecule has 0 saturated carbocycles. The number of aldehydes is 1. The number of carbonyl (C=O) groups excluding carboxylic acids is 1. The number of carbonyl (C=O) groups is 1. The van der Waals surface area contributed by atoms with Crippen LogP contribution in [0.4, 0.5) is 0 Å². The first-order chi connectivity index (χ1) is 4.81. The van der Waals surface area contributed by atoms with Crippen molar-refractivity contribution in [3.8, 4) is 0 Å². The Labute approximate surface area is 60.3 Å². The molecule has 1 atom stereocenters. The molecule has 58 valence electrons. The van der Waals surface area contributed by atoms with Crippen LogP contribution in [0.2, 0.25) is 0 Å². The van der Waals surface area contributed by atoms with E-state index < -0.39 is 6.10 Å². The molecule has 0 aromatic carbocycles. The predicted octanol–water partition coefficient (Wildman–Crippen LogP) is 0.139. The zero-order valence-corrected chi connectivity index (χ0v) is 5.82. The van der Waals surface area contributed by atoms with Crippen molar-refractivity contribution in [3.63, 3.8) is 0 Å². The van der Waals surface area contributed by atoms with Crippen molar-refractivity contribution in [2.45, 2.75) is 12.5 Å². The minimum atomic E-state index is -0.669. The number of aliphatic hydroxyl groups is 1. The highest BCUT2D eigenvalue weighted by atomic mass is 16.5. The molecule has 0 bridgehead atoms. The van der Waals surface area contributed by atoms with Crippen LogP contribution in [0.1, 0.15) is 6.42 Å². The van der Waals surface area contributed by atoms with E-state index in [1.54, 1.807) is 6.08 Å². The van der Waals surface area contributed by atoms with Gasteiger partial charge in [-0.1, -0.05) is 6.08 Å². The lowest BCUT2D eigenvalue weighted by Crippen LogP contribution is -2.15. The van der Waals surface area contributed by atoms with Crippen LogP contribution >= 0.6 is 0 Å². The van der Waals surface area contributed by atoms with Gasteiger partial charge in [-0.15, -0.1) is 6.58 Å². The molecule has 3 nitrogen and oxygen atoms in total. The third-order valence-electron chi connectivity index (χ3n) is 0.914. The maximum absolute atomic E-state index is 9.81. The molecule has 0 aromatic rings. The Morgan fingerprint density at radius 2 is 2.40 bits per heavy atom. The first-order valence-corrected chi connectivity index (χ1v) is 3.11. The van der Waals surface area contributed by atoms with Crippen molar-refractivity contribution < 1.29 is 14.6 Å². The van der Waals surface area contributed by atoms with Crippen molar-refractivity contribution >= 4 is 6.29 Å². The van der Waals surface area contributed by atoms with E-state index >= 15 is 0 Å². The Morgan fingerprint density at radius 1 is 1.70 bits per heavy atom. The van der Waals surface area contributed by atoms with E-state index in [1.807, 2.05) is 0 Å². The summed E-state index contributed by atoms with van der Waals surface area (Å²) in [7, 11) is 0. The van der Waals surface area contributed by atoms with Gasteiger partial charge in [0.05, 0.1) is 19.3 Å². The van der Waals surface area contributed by atoms with E-state index in [1.165, 1.54) is 0 Å². The number of ether oxygens (including phenoxy) is 1. The van der Waals surface area contributed by atoms with Gasteiger partial charge in [-0.2, -0.15) is 0 Å². The maximum atomic E-state index is 9.81. The molecule has 0 aromatic heterocycles. The van der Waals surface area contributed by atoms with Gasteiger partial charge in [0.2, 0.25) is 0 Å². The van der Waals surface area contributed by atoms with Gasteiger partial charge >= 0.3 is 0 Å². The van der Waals surface area contributed by atoms with Crippen molar-refractivity contribution in [2.75, 3.05) is 13.2 Å². The average Bonchev–Trinajstić information content (AvgIpc) is 1.89. The van der Waals surface area contributed by atoms with Gasteiger partial charge in [-0.3, -0.25) is 0 Å². The van der Waals surface area contributed by atoms with Crippen LogP contribution in [0.25, 0.3) is 0 Å². The molecule has 3 heteroatoms. The maximum Gasteiger partial charge on any atom is 0.122 e. The fourth-order valence-corrected chi connectivity index (χ4v) is 0.467. The second kappa shape index (κ2) is 6.45. The lowest BCUT2D eigenvalue weighted by molar-refractivity contribution is -0.110. The SMILES string of the molecule is C=CCOCC(O)CC=O. The van der Waals surface area contributed by atoms with Crippen molar-refractivity contribution in [1.82, 2.24) is 0 Å². The minimum absolute atomic E-state index is 0.136. The van der Waals surface area contributed by atoms with Gasteiger partial charge in [0, 0.05) is 6.42 Å². The fourth-order valence-electron chi connectivity index (χ4n) is 0.467. The summed E-state index contributed by atoms with van der Waals surface area (Å²) in [6.45, 7) is 4.04. The molecular weight excluding hydrogens is 132 g/mol. The molecule has 0 rings (SSSR count). The third kappa shape index (κ3) is 5.47. The predicted molar refractivity (Wildman–Crippen MR) is 37.7 cm³/mol. The van der Waals surface area contributed by atoms with Crippen LogP contribution in [-0.2, 0) is 9.53 Å². The summed E-state index contributed by atoms with van der Waals surface area (Å²) >= 11 is 0. The molecule has 0 heterocycles. The Balaban J connectivity index is 3.11. The third-order valence-corrected chi connectivity index (χ3v) is 0.914. The van der Waals surface area contributed by atoms with Crippen LogP contribution in [0.15, 0.2) is 12.7 Å². The quantitative estimate of drug-likeness (QED) is 0.327. The molecular formula is C7H12O3. The molecule has 0 saturated heterocycles. The largest absolute Gasteiger partial charge is 0.390 e. The Bertz CT molecular complexity index is 101. The molecule has 1 unspecified atom stereocenters. The average molecular weight is 144 g/mol. The van der Waals surface area contributed by atoms with Crippen LogP contribution in [-0.4, -0.2) is 30.7 Å². The van der Waals surface area contributed by atoms with Crippen LogP contribution in [0, 0.1) is 0 Å². The van der Waals surface area contributed by atoms with Crippen LogP contribution in [0.5, 0.6) is 0 Å².